The number of amides is 1. The maximum Gasteiger partial charge on any atom is 0.343 e. The lowest BCUT2D eigenvalue weighted by Gasteiger charge is -2.08. The summed E-state index contributed by atoms with van der Waals surface area (Å²) < 4.78 is 9.79. The Morgan fingerprint density at radius 2 is 1.61 bits per heavy atom. The summed E-state index contributed by atoms with van der Waals surface area (Å²) in [5, 5.41) is 11.7. The number of carbonyl (C=O) groups excluding carboxylic acids is 3. The molecule has 0 heterocycles. The van der Waals surface area contributed by atoms with Gasteiger partial charge in [0.1, 0.15) is 5.75 Å². The molecule has 31 heavy (non-hydrogen) atoms. The number of guanidine groups is 1. The van der Waals surface area contributed by atoms with Gasteiger partial charge in [-0.2, -0.15) is 0 Å². The Bertz CT molecular complexity index is 887. The molecular weight excluding hydrogens is 404 g/mol. The minimum atomic E-state index is -1.08. The summed E-state index contributed by atoms with van der Waals surface area (Å²) >= 11 is 0. The number of nitrogens with zero attached hydrogens (tertiary/aromatic N) is 1. The van der Waals surface area contributed by atoms with E-state index in [2.05, 4.69) is 15.0 Å². The first-order valence-electron chi connectivity index (χ1n) is 9.15. The summed E-state index contributed by atoms with van der Waals surface area (Å²) in [4.78, 5) is 36.0. The Labute approximate surface area is 179 Å². The number of aliphatic carboxylic acids is 1. The number of rotatable bonds is 8. The molecule has 166 valence electrons. The molecular formula is C21H25N4O6-. The van der Waals surface area contributed by atoms with Crippen LogP contribution in [0.5, 0.6) is 5.75 Å². The molecule has 0 aliphatic carbocycles. The van der Waals surface area contributed by atoms with Gasteiger partial charge in [-0.25, -0.2) is 9.79 Å². The van der Waals surface area contributed by atoms with Crippen LogP contribution < -0.4 is 26.6 Å². The minimum absolute atomic E-state index is 0.0334. The van der Waals surface area contributed by atoms with Crippen LogP contribution in [0, 0.1) is 0 Å². The summed E-state index contributed by atoms with van der Waals surface area (Å²) in [5.74, 6) is -1.15. The van der Waals surface area contributed by atoms with E-state index in [1.54, 1.807) is 36.4 Å². The molecule has 10 nitrogen and oxygen atoms in total. The van der Waals surface area contributed by atoms with Crippen LogP contribution in [0.3, 0.4) is 0 Å². The molecule has 0 saturated heterocycles. The van der Waals surface area contributed by atoms with Crippen LogP contribution in [0.4, 0.5) is 5.69 Å². The molecule has 0 atom stereocenters. The van der Waals surface area contributed by atoms with Gasteiger partial charge in [-0.05, 0) is 55.3 Å². The van der Waals surface area contributed by atoms with Crippen LogP contribution in [0.15, 0.2) is 53.5 Å². The molecule has 2 aromatic rings. The van der Waals surface area contributed by atoms with Gasteiger partial charge in [0, 0.05) is 18.1 Å². The number of hydrogen-bond donors (Lipinski definition) is 3. The van der Waals surface area contributed by atoms with Gasteiger partial charge in [-0.1, -0.05) is 12.1 Å². The third kappa shape index (κ3) is 10.9. The SMILES string of the molecule is CC(=O)[O-].COC(=O)COc1ccc(CCNC(=O)c2ccc(N=C(N)N)cc2)cc1. The Hall–Kier alpha value is -4.08. The van der Waals surface area contributed by atoms with E-state index in [0.717, 1.165) is 12.5 Å². The van der Waals surface area contributed by atoms with Crippen molar-refractivity contribution in [3.8, 4) is 5.75 Å². The fourth-order valence-corrected chi connectivity index (χ4v) is 2.21. The number of carbonyl (C=O) groups is 3. The van der Waals surface area contributed by atoms with Crippen molar-refractivity contribution < 1.29 is 29.0 Å². The summed E-state index contributed by atoms with van der Waals surface area (Å²) in [7, 11) is 1.31. The predicted octanol–water partition coefficient (Wildman–Crippen LogP) is -0.128. The average Bonchev–Trinajstić information content (AvgIpc) is 2.72. The van der Waals surface area contributed by atoms with Crippen LogP contribution in [0.1, 0.15) is 22.8 Å². The minimum Gasteiger partial charge on any atom is -0.550 e. The van der Waals surface area contributed by atoms with Gasteiger partial charge in [0.05, 0.1) is 12.8 Å². The number of nitrogens with two attached hydrogens (primary N) is 2. The Morgan fingerprint density at radius 3 is 2.13 bits per heavy atom. The molecule has 0 aliphatic heterocycles. The van der Waals surface area contributed by atoms with E-state index < -0.39 is 11.9 Å². The zero-order valence-corrected chi connectivity index (χ0v) is 17.3. The van der Waals surface area contributed by atoms with Crippen LogP contribution in [-0.2, 0) is 20.7 Å². The lowest BCUT2D eigenvalue weighted by atomic mass is 10.1. The fourth-order valence-electron chi connectivity index (χ4n) is 2.21. The molecule has 0 spiro atoms. The molecule has 0 saturated carbocycles. The number of aliphatic imine (C=N–C) groups is 1. The Kier molecular flexibility index (Phi) is 10.6. The van der Waals surface area contributed by atoms with Gasteiger partial charge in [0.15, 0.2) is 12.6 Å². The van der Waals surface area contributed by atoms with Crippen molar-refractivity contribution in [3.05, 3.63) is 59.7 Å². The highest BCUT2D eigenvalue weighted by molar-refractivity contribution is 5.94. The standard InChI is InChI=1S/C19H22N4O4.C2H4O2/c1-26-17(24)12-27-16-8-2-13(3-9-16)10-11-22-18(25)14-4-6-15(7-5-14)23-19(20)21;1-2(3)4/h2-9H,10-12H2,1H3,(H,22,25)(H4,20,21,23);1H3,(H,3,4)/p-1. The molecule has 2 aromatic carbocycles. The number of carboxylic acid groups (broad SMARTS) is 1. The Morgan fingerprint density at radius 1 is 1.03 bits per heavy atom. The monoisotopic (exact) mass is 429 g/mol. The van der Waals surface area contributed by atoms with Crippen molar-refractivity contribution in [2.75, 3.05) is 20.3 Å². The van der Waals surface area contributed by atoms with Crippen LogP contribution >= 0.6 is 0 Å². The lowest BCUT2D eigenvalue weighted by molar-refractivity contribution is -0.302. The second-order valence-corrected chi connectivity index (χ2v) is 6.09. The summed E-state index contributed by atoms with van der Waals surface area (Å²) in [6.45, 7) is 1.32. The normalized spacial score (nSPS) is 9.48. The maximum atomic E-state index is 12.1. The zero-order chi connectivity index (χ0) is 23.2. The second kappa shape index (κ2) is 13.2. The van der Waals surface area contributed by atoms with E-state index in [9.17, 15) is 9.59 Å². The molecule has 2 rings (SSSR count). The van der Waals surface area contributed by atoms with Crippen molar-refractivity contribution in [2.24, 2.45) is 16.5 Å². The molecule has 0 aliphatic rings. The second-order valence-electron chi connectivity index (χ2n) is 6.09. The predicted molar refractivity (Wildman–Crippen MR) is 113 cm³/mol. The molecule has 10 heteroatoms. The molecule has 0 radical (unpaired) electrons. The topological polar surface area (TPSA) is 169 Å². The molecule has 0 bridgehead atoms. The third-order valence-corrected chi connectivity index (χ3v) is 3.59. The number of hydrogen-bond acceptors (Lipinski definition) is 7. The highest BCUT2D eigenvalue weighted by Gasteiger charge is 2.05. The van der Waals surface area contributed by atoms with Crippen molar-refractivity contribution in [3.63, 3.8) is 0 Å². The van der Waals surface area contributed by atoms with E-state index in [4.69, 9.17) is 26.1 Å². The van der Waals surface area contributed by atoms with Crippen molar-refractivity contribution in [2.45, 2.75) is 13.3 Å². The van der Waals surface area contributed by atoms with E-state index in [1.807, 2.05) is 12.1 Å². The van der Waals surface area contributed by atoms with Gasteiger partial charge in [-0.15, -0.1) is 0 Å². The number of carboxylic acids is 1. The van der Waals surface area contributed by atoms with E-state index in [0.29, 0.717) is 30.0 Å². The smallest absolute Gasteiger partial charge is 0.343 e. The van der Waals surface area contributed by atoms with Crippen LogP contribution in [-0.4, -0.2) is 44.1 Å². The summed E-state index contributed by atoms with van der Waals surface area (Å²) in [6, 6.07) is 13.9. The summed E-state index contributed by atoms with van der Waals surface area (Å²) in [5.41, 5.74) is 12.8. The first kappa shape index (κ1) is 25.0. The lowest BCUT2D eigenvalue weighted by Crippen LogP contribution is -2.25. The van der Waals surface area contributed by atoms with Crippen LogP contribution in [0.25, 0.3) is 0 Å². The molecule has 0 aromatic heterocycles. The number of ether oxygens (including phenoxy) is 2. The van der Waals surface area contributed by atoms with Crippen molar-refractivity contribution in [1.29, 1.82) is 0 Å². The highest BCUT2D eigenvalue weighted by atomic mass is 16.6. The molecule has 0 fully saturated rings. The molecule has 1 amide bonds. The number of nitrogens with one attached hydrogen (secondary N) is 1. The number of methoxy groups -OCH3 is 1. The number of esters is 1. The van der Waals surface area contributed by atoms with Gasteiger partial charge < -0.3 is 36.2 Å². The van der Waals surface area contributed by atoms with Gasteiger partial charge >= 0.3 is 5.97 Å². The van der Waals surface area contributed by atoms with Gasteiger partial charge in [0.25, 0.3) is 5.91 Å². The first-order chi connectivity index (χ1) is 14.7. The Balaban J connectivity index is 0.00000110. The molecule has 0 unspecified atom stereocenters. The zero-order valence-electron chi connectivity index (χ0n) is 17.3. The summed E-state index contributed by atoms with van der Waals surface area (Å²) in [6.07, 6.45) is 0.662. The van der Waals surface area contributed by atoms with Gasteiger partial charge in [-0.3, -0.25) is 4.79 Å². The highest BCUT2D eigenvalue weighted by Crippen LogP contribution is 2.14. The fraction of sp³-hybridized carbons (Fsp3) is 0.238. The average molecular weight is 429 g/mol. The van der Waals surface area contributed by atoms with Crippen molar-refractivity contribution >= 4 is 29.5 Å². The van der Waals surface area contributed by atoms with Crippen molar-refractivity contribution in [1.82, 2.24) is 5.32 Å². The van der Waals surface area contributed by atoms with E-state index in [1.165, 1.54) is 7.11 Å². The largest absolute Gasteiger partial charge is 0.550 e. The number of benzene rings is 2. The first-order valence-corrected chi connectivity index (χ1v) is 9.15. The van der Waals surface area contributed by atoms with E-state index >= 15 is 0 Å². The maximum absolute atomic E-state index is 12.1. The van der Waals surface area contributed by atoms with Crippen LogP contribution in [0.2, 0.25) is 0 Å². The quantitative estimate of drug-likeness (QED) is 0.296. The van der Waals surface area contributed by atoms with Gasteiger partial charge in [0.2, 0.25) is 0 Å². The molecule has 5 N–H and O–H groups in total. The third-order valence-electron chi connectivity index (χ3n) is 3.59. The van der Waals surface area contributed by atoms with E-state index in [-0.39, 0.29) is 18.5 Å².